The molecular formula is C36H39N5O7. The molecule has 0 bridgehead atoms. The van der Waals surface area contributed by atoms with Crippen molar-refractivity contribution in [2.75, 3.05) is 33.2 Å². The molecule has 3 aromatic carbocycles. The van der Waals surface area contributed by atoms with Crippen LogP contribution in [0.4, 0.5) is 5.82 Å². The Labute approximate surface area is 278 Å². The Hall–Kier alpha value is -4.59. The smallest absolute Gasteiger partial charge is 0.167 e. The summed E-state index contributed by atoms with van der Waals surface area (Å²) in [6.45, 7) is 0.590. The third-order valence-corrected chi connectivity index (χ3v) is 9.06. The molecule has 48 heavy (non-hydrogen) atoms. The van der Waals surface area contributed by atoms with Crippen LogP contribution in [0.2, 0.25) is 0 Å². The summed E-state index contributed by atoms with van der Waals surface area (Å²) in [6.07, 6.45) is 1.60. The zero-order valence-corrected chi connectivity index (χ0v) is 26.8. The van der Waals surface area contributed by atoms with Crippen molar-refractivity contribution < 1.29 is 33.5 Å². The summed E-state index contributed by atoms with van der Waals surface area (Å²) in [4.78, 5) is 12.9. The molecular weight excluding hydrogens is 614 g/mol. The zero-order chi connectivity index (χ0) is 33.1. The number of ether oxygens (including phenoxy) is 6. The first-order chi connectivity index (χ1) is 23.5. The van der Waals surface area contributed by atoms with Crippen LogP contribution < -0.4 is 15.2 Å². The maximum absolute atomic E-state index is 11.9. The van der Waals surface area contributed by atoms with Gasteiger partial charge in [-0.1, -0.05) is 54.6 Å². The first-order valence-electron chi connectivity index (χ1n) is 16.0. The molecule has 2 aliphatic heterocycles. The Balaban J connectivity index is 1.27. The fourth-order valence-corrected chi connectivity index (χ4v) is 6.56. The van der Waals surface area contributed by atoms with Crippen LogP contribution >= 0.6 is 0 Å². The van der Waals surface area contributed by atoms with Crippen LogP contribution in [0.25, 0.3) is 11.2 Å². The third-order valence-electron chi connectivity index (χ3n) is 9.06. The Morgan fingerprint density at radius 2 is 1.54 bits per heavy atom. The van der Waals surface area contributed by atoms with Gasteiger partial charge < -0.3 is 39.3 Å². The van der Waals surface area contributed by atoms with Crippen molar-refractivity contribution >= 4 is 17.0 Å². The van der Waals surface area contributed by atoms with E-state index >= 15 is 0 Å². The van der Waals surface area contributed by atoms with Crippen molar-refractivity contribution in [2.24, 2.45) is 0 Å². The van der Waals surface area contributed by atoms with Crippen molar-refractivity contribution in [3.63, 3.8) is 0 Å². The highest BCUT2D eigenvalue weighted by molar-refractivity contribution is 5.81. The van der Waals surface area contributed by atoms with E-state index in [1.54, 1.807) is 25.1 Å². The molecule has 2 aliphatic rings. The number of anilines is 1. The second-order valence-electron chi connectivity index (χ2n) is 11.9. The molecule has 0 aliphatic carbocycles. The van der Waals surface area contributed by atoms with Gasteiger partial charge >= 0.3 is 0 Å². The van der Waals surface area contributed by atoms with E-state index in [1.807, 2.05) is 78.9 Å². The Morgan fingerprint density at radius 3 is 2.17 bits per heavy atom. The van der Waals surface area contributed by atoms with Crippen molar-refractivity contribution in [1.29, 1.82) is 0 Å². The molecule has 250 valence electrons. The van der Waals surface area contributed by atoms with Gasteiger partial charge in [-0.25, -0.2) is 15.0 Å². The number of methoxy groups -OCH3 is 2. The van der Waals surface area contributed by atoms with Crippen LogP contribution in [-0.2, 0) is 24.5 Å². The maximum Gasteiger partial charge on any atom is 0.167 e. The van der Waals surface area contributed by atoms with E-state index in [4.69, 9.17) is 34.2 Å². The summed E-state index contributed by atoms with van der Waals surface area (Å²) in [7, 11) is 3.27. The number of rotatable bonds is 11. The van der Waals surface area contributed by atoms with Crippen molar-refractivity contribution in [3.05, 3.63) is 108 Å². The molecule has 2 fully saturated rings. The molecule has 12 nitrogen and oxygen atoms in total. The summed E-state index contributed by atoms with van der Waals surface area (Å²) in [6, 6.07) is 25.5. The van der Waals surface area contributed by atoms with Gasteiger partial charge in [0.15, 0.2) is 24.0 Å². The first kappa shape index (κ1) is 32.0. The van der Waals surface area contributed by atoms with Crippen LogP contribution in [-0.4, -0.2) is 76.7 Å². The number of benzene rings is 3. The highest BCUT2D eigenvalue weighted by Crippen LogP contribution is 2.43. The van der Waals surface area contributed by atoms with Gasteiger partial charge in [0.05, 0.1) is 27.2 Å². The predicted octanol–water partition coefficient (Wildman–Crippen LogP) is 4.60. The predicted molar refractivity (Wildman–Crippen MR) is 176 cm³/mol. The molecule has 1 unspecified atom stereocenters. The number of aliphatic hydroxyl groups is 1. The lowest BCUT2D eigenvalue weighted by Crippen LogP contribution is -2.42. The number of nitrogen functional groups attached to an aromatic ring is 1. The molecule has 2 saturated heterocycles. The van der Waals surface area contributed by atoms with E-state index in [-0.39, 0.29) is 12.4 Å². The summed E-state index contributed by atoms with van der Waals surface area (Å²) in [5.74, 6) is 1.68. The number of fused-ring (bicyclic) bond motifs is 1. The largest absolute Gasteiger partial charge is 0.497 e. The van der Waals surface area contributed by atoms with Crippen molar-refractivity contribution in [1.82, 2.24) is 19.5 Å². The monoisotopic (exact) mass is 653 g/mol. The van der Waals surface area contributed by atoms with Gasteiger partial charge in [0.25, 0.3) is 0 Å². The van der Waals surface area contributed by atoms with Gasteiger partial charge in [-0.3, -0.25) is 4.57 Å². The lowest BCUT2D eigenvalue weighted by Gasteiger charge is -2.37. The standard InChI is InChI=1S/C36H39N5O7/c1-43-26-15-11-24(12-16-26)36(23-8-4-3-5-9-23,25-13-17-27(44-2)18-14-25)46-20-28-31(42)32(48-29-10-6-7-19-45-29)35(47-28)41-22-40-30-33(37)38-21-39-34(30)41/h3-5,8-9,11-18,21-22,28-29,31-32,35,42H,6-7,10,19-20H2,1-2H3,(H2,37,38,39)/t28-,29?,31-,32-,35-/m1/s1. The van der Waals surface area contributed by atoms with E-state index in [9.17, 15) is 5.11 Å². The number of hydrogen-bond donors (Lipinski definition) is 2. The third kappa shape index (κ3) is 5.97. The van der Waals surface area contributed by atoms with E-state index in [1.165, 1.54) is 6.33 Å². The molecule has 0 amide bonds. The topological polar surface area (TPSA) is 145 Å². The Morgan fingerprint density at radius 1 is 0.875 bits per heavy atom. The van der Waals surface area contributed by atoms with E-state index < -0.39 is 36.4 Å². The molecule has 2 aromatic heterocycles. The van der Waals surface area contributed by atoms with Gasteiger partial charge in [-0.05, 0) is 60.2 Å². The lowest BCUT2D eigenvalue weighted by atomic mass is 9.80. The molecule has 0 spiro atoms. The highest BCUT2D eigenvalue weighted by Gasteiger charge is 2.49. The van der Waals surface area contributed by atoms with Gasteiger partial charge in [0.2, 0.25) is 0 Å². The minimum absolute atomic E-state index is 0.000242. The quantitative estimate of drug-likeness (QED) is 0.193. The summed E-state index contributed by atoms with van der Waals surface area (Å²) >= 11 is 0. The minimum atomic E-state index is -1.10. The average molecular weight is 654 g/mol. The van der Waals surface area contributed by atoms with Crippen LogP contribution in [0, 0.1) is 0 Å². The summed E-state index contributed by atoms with van der Waals surface area (Å²) < 4.78 is 38.7. The van der Waals surface area contributed by atoms with Crippen molar-refractivity contribution in [3.8, 4) is 11.5 Å². The molecule has 7 rings (SSSR count). The Bertz CT molecular complexity index is 1750. The average Bonchev–Trinajstić information content (AvgIpc) is 3.71. The van der Waals surface area contributed by atoms with E-state index in [2.05, 4.69) is 15.0 Å². The summed E-state index contributed by atoms with van der Waals surface area (Å²) in [5.41, 5.74) is 8.51. The second kappa shape index (κ2) is 13.9. The maximum atomic E-state index is 11.9. The van der Waals surface area contributed by atoms with E-state index in [0.717, 1.165) is 41.0 Å². The fraction of sp³-hybridized carbons (Fsp3) is 0.361. The fourth-order valence-electron chi connectivity index (χ4n) is 6.56. The zero-order valence-electron chi connectivity index (χ0n) is 26.8. The summed E-state index contributed by atoms with van der Waals surface area (Å²) in [5, 5.41) is 11.9. The van der Waals surface area contributed by atoms with Gasteiger partial charge in [-0.15, -0.1) is 0 Å². The van der Waals surface area contributed by atoms with Gasteiger partial charge in [-0.2, -0.15) is 0 Å². The lowest BCUT2D eigenvalue weighted by molar-refractivity contribution is -0.215. The molecule has 0 saturated carbocycles. The van der Waals surface area contributed by atoms with Crippen LogP contribution in [0.15, 0.2) is 91.5 Å². The highest BCUT2D eigenvalue weighted by atomic mass is 16.7. The van der Waals surface area contributed by atoms with Gasteiger partial charge in [0.1, 0.15) is 47.3 Å². The molecule has 4 heterocycles. The normalized spacial score (nSPS) is 22.9. The molecule has 12 heteroatoms. The minimum Gasteiger partial charge on any atom is -0.497 e. The Kier molecular flexibility index (Phi) is 9.24. The van der Waals surface area contributed by atoms with Crippen molar-refractivity contribution in [2.45, 2.75) is 55.7 Å². The number of hydrogen-bond acceptors (Lipinski definition) is 11. The van der Waals surface area contributed by atoms with E-state index in [0.29, 0.717) is 24.2 Å². The second-order valence-corrected chi connectivity index (χ2v) is 11.9. The molecule has 5 aromatic rings. The molecule has 0 radical (unpaired) electrons. The number of aliphatic hydroxyl groups excluding tert-OH is 1. The van der Waals surface area contributed by atoms with Crippen LogP contribution in [0.3, 0.4) is 0 Å². The first-order valence-corrected chi connectivity index (χ1v) is 16.0. The number of imidazole rings is 1. The van der Waals surface area contributed by atoms with Gasteiger partial charge in [0, 0.05) is 6.61 Å². The SMILES string of the molecule is COc1ccc(C(OC[C@H]2O[C@@H](n3cnc4c(N)ncnc43)[C@H](OC3CCCCO3)[C@@H]2O)(c2ccccc2)c2ccc(OC)cc2)cc1. The number of aromatic nitrogens is 4. The number of nitrogens with two attached hydrogens (primary N) is 1. The molecule has 5 atom stereocenters. The number of nitrogens with zero attached hydrogens (tertiary/aromatic N) is 4. The van der Waals surface area contributed by atoms with Crippen LogP contribution in [0.1, 0.15) is 42.2 Å². The molecule has 3 N–H and O–H groups in total. The van der Waals surface area contributed by atoms with Crippen LogP contribution in [0.5, 0.6) is 11.5 Å².